The van der Waals surface area contributed by atoms with Crippen LogP contribution in [0.2, 0.25) is 0 Å². The molecule has 3 N–H and O–H groups in total. The Morgan fingerprint density at radius 1 is 1.33 bits per heavy atom. The highest BCUT2D eigenvalue weighted by atomic mass is 16.5. The number of aliphatic hydroxyl groups excluding tert-OH is 1. The number of carbonyl (C=O) groups excluding carboxylic acids is 1. The Balaban J connectivity index is 1.79. The van der Waals surface area contributed by atoms with Crippen molar-refractivity contribution in [2.45, 2.75) is 38.8 Å². The summed E-state index contributed by atoms with van der Waals surface area (Å²) in [6, 6.07) is 9.82. The third-order valence-electron chi connectivity index (χ3n) is 4.64. The molecule has 0 spiro atoms. The van der Waals surface area contributed by atoms with Gasteiger partial charge < -0.3 is 20.1 Å². The predicted molar refractivity (Wildman–Crippen MR) is 104 cm³/mol. The van der Waals surface area contributed by atoms with E-state index in [9.17, 15) is 9.90 Å². The predicted octanol–water partition coefficient (Wildman–Crippen LogP) is 1.39. The minimum absolute atomic E-state index is 0.0752. The number of nitrogens with two attached hydrogens (primary N) is 1. The van der Waals surface area contributed by atoms with Crippen LogP contribution in [0.4, 0.5) is 5.69 Å². The molecular formula is C21H28N3O3+. The summed E-state index contributed by atoms with van der Waals surface area (Å²) in [6.45, 7) is 5.61. The average Bonchev–Trinajstić information content (AvgIpc) is 2.70. The lowest BCUT2D eigenvalue weighted by molar-refractivity contribution is -0.688. The number of aromatic nitrogens is 1. The molecule has 0 unspecified atom stereocenters. The number of benzene rings is 1. The van der Waals surface area contributed by atoms with Crippen LogP contribution in [-0.4, -0.2) is 47.8 Å². The van der Waals surface area contributed by atoms with E-state index in [0.717, 1.165) is 24.1 Å². The lowest BCUT2D eigenvalue weighted by atomic mass is 10.00. The quantitative estimate of drug-likeness (QED) is 0.772. The number of aliphatic hydroxyl groups is 1. The number of carbonyl (C=O) groups is 1. The Morgan fingerprint density at radius 2 is 2.19 bits per heavy atom. The van der Waals surface area contributed by atoms with E-state index < -0.39 is 6.10 Å². The smallest absolute Gasteiger partial charge is 0.259 e. The van der Waals surface area contributed by atoms with E-state index in [2.05, 4.69) is 24.1 Å². The number of fused-ring (bicyclic) bond motifs is 1. The summed E-state index contributed by atoms with van der Waals surface area (Å²) < 4.78 is 5.94. The maximum absolute atomic E-state index is 13.0. The van der Waals surface area contributed by atoms with Gasteiger partial charge in [-0.05, 0) is 50.5 Å². The van der Waals surface area contributed by atoms with Gasteiger partial charge in [0.1, 0.15) is 25.0 Å². The number of para-hydroxylation sites is 1. The van der Waals surface area contributed by atoms with Crippen LogP contribution in [0.3, 0.4) is 0 Å². The minimum atomic E-state index is -0.561. The van der Waals surface area contributed by atoms with Gasteiger partial charge in [0.2, 0.25) is 0 Å². The molecule has 0 saturated carbocycles. The van der Waals surface area contributed by atoms with E-state index >= 15 is 0 Å². The molecule has 1 amide bonds. The maximum Gasteiger partial charge on any atom is 0.259 e. The van der Waals surface area contributed by atoms with Gasteiger partial charge in [0.05, 0.1) is 17.3 Å². The largest absolute Gasteiger partial charge is 0.488 e. The molecule has 144 valence electrons. The number of amides is 1. The highest BCUT2D eigenvalue weighted by Crippen LogP contribution is 2.37. The van der Waals surface area contributed by atoms with Crippen LogP contribution in [0.1, 0.15) is 36.2 Å². The summed E-state index contributed by atoms with van der Waals surface area (Å²) in [5.41, 5.74) is 2.48. The van der Waals surface area contributed by atoms with E-state index in [1.165, 1.54) is 0 Å². The summed E-state index contributed by atoms with van der Waals surface area (Å²) in [5, 5.41) is 12.2. The Labute approximate surface area is 160 Å². The summed E-state index contributed by atoms with van der Waals surface area (Å²) in [6.07, 6.45) is 4.51. The summed E-state index contributed by atoms with van der Waals surface area (Å²) in [5.74, 6) is 0.571. The second-order valence-electron chi connectivity index (χ2n) is 7.25. The van der Waals surface area contributed by atoms with Gasteiger partial charge in [-0.2, -0.15) is 0 Å². The molecule has 0 aliphatic carbocycles. The van der Waals surface area contributed by atoms with Crippen molar-refractivity contribution < 1.29 is 20.0 Å². The normalized spacial score (nSPS) is 14.7. The number of aryl methyl sites for hydroxylation is 1. The number of rotatable bonds is 7. The van der Waals surface area contributed by atoms with Crippen LogP contribution in [0, 0.1) is 0 Å². The summed E-state index contributed by atoms with van der Waals surface area (Å²) >= 11 is 0. The number of ether oxygens (including phenoxy) is 1. The monoisotopic (exact) mass is 370 g/mol. The van der Waals surface area contributed by atoms with Gasteiger partial charge >= 0.3 is 0 Å². The van der Waals surface area contributed by atoms with Crippen LogP contribution in [-0.2, 0) is 6.42 Å². The van der Waals surface area contributed by atoms with Gasteiger partial charge in [-0.15, -0.1) is 0 Å². The molecule has 6 nitrogen and oxygen atoms in total. The van der Waals surface area contributed by atoms with Crippen molar-refractivity contribution in [3.63, 3.8) is 0 Å². The second-order valence-corrected chi connectivity index (χ2v) is 7.25. The van der Waals surface area contributed by atoms with Crippen molar-refractivity contribution in [1.29, 1.82) is 0 Å². The number of hydrogen-bond acceptors (Lipinski definition) is 4. The molecule has 1 aliphatic heterocycles. The van der Waals surface area contributed by atoms with Crippen LogP contribution in [0.15, 0.2) is 42.7 Å². The molecule has 1 aromatic carbocycles. The van der Waals surface area contributed by atoms with Crippen LogP contribution >= 0.6 is 0 Å². The number of pyridine rings is 1. The Bertz CT molecular complexity index is 765. The molecule has 1 atom stereocenters. The molecule has 1 aromatic heterocycles. The summed E-state index contributed by atoms with van der Waals surface area (Å²) in [7, 11) is 0. The van der Waals surface area contributed by atoms with Crippen LogP contribution in [0.5, 0.6) is 5.75 Å². The zero-order chi connectivity index (χ0) is 19.2. The average molecular weight is 370 g/mol. The second kappa shape index (κ2) is 8.97. The first-order valence-corrected chi connectivity index (χ1v) is 9.54. The maximum atomic E-state index is 13.0. The highest BCUT2D eigenvalue weighted by Gasteiger charge is 2.27. The van der Waals surface area contributed by atoms with Crippen LogP contribution < -0.4 is 15.0 Å². The van der Waals surface area contributed by atoms with Crippen molar-refractivity contribution in [3.05, 3.63) is 53.9 Å². The van der Waals surface area contributed by atoms with E-state index in [1.807, 2.05) is 18.2 Å². The van der Waals surface area contributed by atoms with Gasteiger partial charge in [-0.1, -0.05) is 12.1 Å². The van der Waals surface area contributed by atoms with Gasteiger partial charge in [-0.25, -0.2) is 0 Å². The number of nitrogens with zero attached hydrogens (tertiary/aromatic N) is 2. The van der Waals surface area contributed by atoms with E-state index in [-0.39, 0.29) is 12.5 Å². The third-order valence-corrected chi connectivity index (χ3v) is 4.64. The SMILES string of the molecule is CC(C)[NH2+]C[C@H](O)COc1cccc2c1N(C(=O)c1cccnc1)CCC2. The number of anilines is 1. The van der Waals surface area contributed by atoms with Gasteiger partial charge in [-0.3, -0.25) is 9.78 Å². The minimum Gasteiger partial charge on any atom is -0.488 e. The fourth-order valence-corrected chi connectivity index (χ4v) is 3.26. The molecule has 27 heavy (non-hydrogen) atoms. The zero-order valence-electron chi connectivity index (χ0n) is 16.0. The Hall–Kier alpha value is -2.44. The molecular weight excluding hydrogens is 342 g/mol. The van der Waals surface area contributed by atoms with Crippen molar-refractivity contribution in [1.82, 2.24) is 4.98 Å². The van der Waals surface area contributed by atoms with E-state index in [4.69, 9.17) is 4.74 Å². The Morgan fingerprint density at radius 3 is 2.93 bits per heavy atom. The molecule has 2 aromatic rings. The molecule has 1 aliphatic rings. The molecule has 0 fully saturated rings. The number of quaternary nitrogens is 1. The highest BCUT2D eigenvalue weighted by molar-refractivity contribution is 6.07. The summed E-state index contributed by atoms with van der Waals surface area (Å²) in [4.78, 5) is 18.8. The molecule has 0 saturated heterocycles. The van der Waals surface area contributed by atoms with Crippen molar-refractivity contribution in [2.24, 2.45) is 0 Å². The lowest BCUT2D eigenvalue weighted by Crippen LogP contribution is -2.90. The standard InChI is InChI=1S/C21H27N3O3/c1-15(2)23-13-18(25)14-27-19-9-3-6-16-8-5-11-24(20(16)19)21(26)17-7-4-10-22-12-17/h3-4,6-7,9-10,12,15,18,23,25H,5,8,11,13-14H2,1-2H3/p+1/t18-/m0/s1. The zero-order valence-corrected chi connectivity index (χ0v) is 16.0. The fraction of sp³-hybridized carbons (Fsp3) is 0.429. The molecule has 2 heterocycles. The number of hydrogen-bond donors (Lipinski definition) is 2. The van der Waals surface area contributed by atoms with Crippen molar-refractivity contribution in [3.8, 4) is 5.75 Å². The van der Waals surface area contributed by atoms with E-state index in [1.54, 1.807) is 29.4 Å². The van der Waals surface area contributed by atoms with Gasteiger partial charge in [0.15, 0.2) is 0 Å². The fourth-order valence-electron chi connectivity index (χ4n) is 3.26. The topological polar surface area (TPSA) is 79.3 Å². The molecule has 0 bridgehead atoms. The van der Waals surface area contributed by atoms with Gasteiger partial charge in [0.25, 0.3) is 5.91 Å². The van der Waals surface area contributed by atoms with E-state index in [0.29, 0.717) is 30.4 Å². The lowest BCUT2D eigenvalue weighted by Gasteiger charge is -2.31. The van der Waals surface area contributed by atoms with Crippen LogP contribution in [0.25, 0.3) is 0 Å². The third kappa shape index (κ3) is 4.84. The molecule has 0 radical (unpaired) electrons. The van der Waals surface area contributed by atoms with Crippen molar-refractivity contribution in [2.75, 3.05) is 24.6 Å². The first-order chi connectivity index (χ1) is 13.1. The first-order valence-electron chi connectivity index (χ1n) is 9.54. The van der Waals surface area contributed by atoms with Gasteiger partial charge in [0, 0.05) is 18.9 Å². The molecule has 3 rings (SSSR count). The Kier molecular flexibility index (Phi) is 6.42. The van der Waals surface area contributed by atoms with Crippen molar-refractivity contribution >= 4 is 11.6 Å². The first kappa shape index (κ1) is 19.3. The molecule has 6 heteroatoms.